The Hall–Kier alpha value is -8.93. The number of hydrogen-bond acceptors (Lipinski definition) is 4. The second-order valence-electron chi connectivity index (χ2n) is 16.9. The highest BCUT2D eigenvalue weighted by molar-refractivity contribution is 6.19. The normalized spacial score (nSPS) is 11.9. The first-order chi connectivity index (χ1) is 32.7. The molecule has 0 spiro atoms. The Balaban J connectivity index is 1.09. The van der Waals surface area contributed by atoms with Gasteiger partial charge in [-0.1, -0.05) is 176 Å². The molecule has 0 unspecified atom stereocenters. The van der Waals surface area contributed by atoms with Crippen molar-refractivity contribution >= 4 is 49.9 Å². The summed E-state index contributed by atoms with van der Waals surface area (Å²) >= 11 is 0. The van der Waals surface area contributed by atoms with Crippen LogP contribution in [0, 0.1) is 0 Å². The van der Waals surface area contributed by atoms with Gasteiger partial charge < -0.3 is 4.57 Å². The molecule has 13 rings (SSSR count). The zero-order chi connectivity index (χ0) is 43.6. The molecule has 66 heavy (non-hydrogen) atoms. The molecule has 3 heterocycles. The predicted octanol–water partition coefficient (Wildman–Crippen LogP) is 15.9. The lowest BCUT2D eigenvalue weighted by atomic mass is 9.90. The molecule has 5 nitrogen and oxygen atoms in total. The Bertz CT molecular complexity index is 3670. The van der Waals surface area contributed by atoms with Gasteiger partial charge in [-0.25, -0.2) is 4.98 Å². The summed E-state index contributed by atoms with van der Waals surface area (Å²) in [6, 6.07) is 84.3. The molecule has 12 aromatic rings. The van der Waals surface area contributed by atoms with Crippen LogP contribution >= 0.6 is 0 Å². The highest BCUT2D eigenvalue weighted by Gasteiger charge is 2.30. The molecule has 0 amide bonds. The summed E-state index contributed by atoms with van der Waals surface area (Å²) in [7, 11) is 0. The zero-order valence-corrected chi connectivity index (χ0v) is 35.8. The van der Waals surface area contributed by atoms with E-state index < -0.39 is 0 Å². The standard InChI is InChI=1S/C61H39N5/c1-6-18-40(19-7-1)46-34-47(41-20-8-2-9-21-41)36-48(35-46)45-32-33-54-51(37-45)53-38-52-50-30-16-26-42-27-17-31-55(58(42)50)66(57(52)39-56(53)65(54)49-28-14-5-15-29-49)61-63-59(43-22-10-3-11-23-43)62-60(64-61)44-24-12-4-13-25-44/h1-39H. The molecule has 2 aromatic heterocycles. The maximum Gasteiger partial charge on any atom is 0.238 e. The summed E-state index contributed by atoms with van der Waals surface area (Å²) in [5.74, 6) is 1.79. The SMILES string of the molecule is c1ccc(-c2cc(-c3ccccc3)cc(-c3ccc4c(c3)c3cc5c(cc3n4-c3ccccc3)N(c3nc(-c4ccccc4)nc(-c4ccccc4)n3)c3cccc4cccc-5c34)c2)cc1. The molecule has 0 aliphatic carbocycles. The molecular formula is C61H39N5. The molecule has 10 aromatic carbocycles. The van der Waals surface area contributed by atoms with Crippen LogP contribution in [-0.2, 0) is 0 Å². The lowest BCUT2D eigenvalue weighted by Crippen LogP contribution is -2.19. The highest BCUT2D eigenvalue weighted by atomic mass is 15.3. The molecule has 0 radical (unpaired) electrons. The summed E-state index contributed by atoms with van der Waals surface area (Å²) in [6.07, 6.45) is 0. The third-order valence-electron chi connectivity index (χ3n) is 12.9. The first-order valence-electron chi connectivity index (χ1n) is 22.3. The maximum atomic E-state index is 5.32. The van der Waals surface area contributed by atoms with Crippen molar-refractivity contribution in [3.05, 3.63) is 237 Å². The minimum Gasteiger partial charge on any atom is -0.309 e. The second kappa shape index (κ2) is 15.4. The molecule has 0 atom stereocenters. The first-order valence-corrected chi connectivity index (χ1v) is 22.3. The largest absolute Gasteiger partial charge is 0.309 e. The quantitative estimate of drug-likeness (QED) is 0.160. The molecule has 0 bridgehead atoms. The van der Waals surface area contributed by atoms with Crippen molar-refractivity contribution in [3.63, 3.8) is 0 Å². The van der Waals surface area contributed by atoms with Gasteiger partial charge in [0, 0.05) is 38.5 Å². The van der Waals surface area contributed by atoms with Gasteiger partial charge in [-0.2, -0.15) is 9.97 Å². The van der Waals surface area contributed by atoms with Gasteiger partial charge in [0.05, 0.1) is 22.4 Å². The van der Waals surface area contributed by atoms with Gasteiger partial charge in [-0.05, 0) is 105 Å². The second-order valence-corrected chi connectivity index (χ2v) is 16.9. The smallest absolute Gasteiger partial charge is 0.238 e. The van der Waals surface area contributed by atoms with Crippen molar-refractivity contribution in [2.45, 2.75) is 0 Å². The van der Waals surface area contributed by atoms with E-state index in [-0.39, 0.29) is 0 Å². The summed E-state index contributed by atoms with van der Waals surface area (Å²) in [4.78, 5) is 18.0. The fraction of sp³-hybridized carbons (Fsp3) is 0. The van der Waals surface area contributed by atoms with Crippen molar-refractivity contribution in [2.24, 2.45) is 0 Å². The monoisotopic (exact) mass is 841 g/mol. The molecule has 308 valence electrons. The van der Waals surface area contributed by atoms with Crippen LogP contribution in [0.3, 0.4) is 0 Å². The molecule has 0 saturated heterocycles. The summed E-state index contributed by atoms with van der Waals surface area (Å²) in [5.41, 5.74) is 16.5. The van der Waals surface area contributed by atoms with E-state index in [1.165, 1.54) is 44.2 Å². The minimum absolute atomic E-state index is 0.558. The minimum atomic E-state index is 0.558. The number of aromatic nitrogens is 4. The van der Waals surface area contributed by atoms with Gasteiger partial charge in [-0.15, -0.1) is 0 Å². The fourth-order valence-corrected chi connectivity index (χ4v) is 9.85. The van der Waals surface area contributed by atoms with Gasteiger partial charge >= 0.3 is 0 Å². The highest BCUT2D eigenvalue weighted by Crippen LogP contribution is 2.53. The molecule has 0 saturated carbocycles. The van der Waals surface area contributed by atoms with Crippen molar-refractivity contribution < 1.29 is 0 Å². The van der Waals surface area contributed by atoms with E-state index in [0.717, 1.165) is 61.1 Å². The van der Waals surface area contributed by atoms with E-state index in [0.29, 0.717) is 17.6 Å². The van der Waals surface area contributed by atoms with E-state index in [1.807, 2.05) is 36.4 Å². The third kappa shape index (κ3) is 6.28. The summed E-state index contributed by atoms with van der Waals surface area (Å²) < 4.78 is 2.40. The number of nitrogens with zero attached hydrogens (tertiary/aromatic N) is 5. The van der Waals surface area contributed by atoms with E-state index in [9.17, 15) is 0 Å². The number of anilines is 3. The number of benzene rings is 10. The number of fused-ring (bicyclic) bond motifs is 5. The molecular weight excluding hydrogens is 803 g/mol. The fourth-order valence-electron chi connectivity index (χ4n) is 9.85. The van der Waals surface area contributed by atoms with Crippen LogP contribution in [0.15, 0.2) is 237 Å². The third-order valence-corrected chi connectivity index (χ3v) is 12.9. The molecule has 1 aliphatic heterocycles. The van der Waals surface area contributed by atoms with E-state index in [4.69, 9.17) is 15.0 Å². The Morgan fingerprint density at radius 3 is 1.41 bits per heavy atom. The lowest BCUT2D eigenvalue weighted by molar-refractivity contribution is 1.02. The lowest BCUT2D eigenvalue weighted by Gasteiger charge is -2.32. The average Bonchev–Trinajstić information content (AvgIpc) is 3.72. The molecule has 0 fully saturated rings. The van der Waals surface area contributed by atoms with Gasteiger partial charge in [0.2, 0.25) is 5.95 Å². The zero-order valence-electron chi connectivity index (χ0n) is 35.8. The van der Waals surface area contributed by atoms with Gasteiger partial charge in [0.15, 0.2) is 11.6 Å². The molecule has 1 aliphatic rings. The van der Waals surface area contributed by atoms with E-state index >= 15 is 0 Å². The van der Waals surface area contributed by atoms with E-state index in [2.05, 4.69) is 210 Å². The number of para-hydroxylation sites is 1. The van der Waals surface area contributed by atoms with Crippen molar-refractivity contribution in [1.82, 2.24) is 19.5 Å². The Morgan fingerprint density at radius 2 is 0.818 bits per heavy atom. The van der Waals surface area contributed by atoms with E-state index in [1.54, 1.807) is 0 Å². The Kier molecular flexibility index (Phi) is 8.78. The molecule has 0 N–H and O–H groups in total. The Labute approximate surface area is 382 Å². The van der Waals surface area contributed by atoms with Crippen LogP contribution in [0.2, 0.25) is 0 Å². The van der Waals surface area contributed by atoms with Crippen LogP contribution in [0.1, 0.15) is 0 Å². The summed E-state index contributed by atoms with van der Waals surface area (Å²) in [6.45, 7) is 0. The van der Waals surface area contributed by atoms with Crippen LogP contribution in [0.25, 0.3) is 106 Å². The van der Waals surface area contributed by atoms with Crippen molar-refractivity contribution in [2.75, 3.05) is 4.90 Å². The van der Waals surface area contributed by atoms with Crippen LogP contribution in [0.5, 0.6) is 0 Å². The van der Waals surface area contributed by atoms with Crippen molar-refractivity contribution in [3.8, 4) is 73.0 Å². The number of hydrogen-bond donors (Lipinski definition) is 0. The van der Waals surface area contributed by atoms with Gasteiger partial charge in [0.1, 0.15) is 0 Å². The van der Waals surface area contributed by atoms with Crippen molar-refractivity contribution in [1.29, 1.82) is 0 Å². The van der Waals surface area contributed by atoms with Gasteiger partial charge in [-0.3, -0.25) is 4.90 Å². The van der Waals surface area contributed by atoms with Crippen LogP contribution in [0.4, 0.5) is 17.3 Å². The van der Waals surface area contributed by atoms with Crippen LogP contribution < -0.4 is 4.90 Å². The Morgan fingerprint density at radius 1 is 0.303 bits per heavy atom. The topological polar surface area (TPSA) is 46.8 Å². The summed E-state index contributed by atoms with van der Waals surface area (Å²) in [5, 5.41) is 4.66. The van der Waals surface area contributed by atoms with Crippen LogP contribution in [-0.4, -0.2) is 19.5 Å². The maximum absolute atomic E-state index is 5.32. The number of rotatable bonds is 7. The van der Waals surface area contributed by atoms with Gasteiger partial charge in [0.25, 0.3) is 0 Å². The predicted molar refractivity (Wildman–Crippen MR) is 273 cm³/mol. The average molecular weight is 842 g/mol. The first kappa shape index (κ1) is 37.6. The molecule has 5 heteroatoms.